The average Bonchev–Trinajstić information content (AvgIpc) is 3.07. The molecule has 5 nitrogen and oxygen atoms in total. The summed E-state index contributed by atoms with van der Waals surface area (Å²) >= 11 is 0. The van der Waals surface area contributed by atoms with E-state index in [0.29, 0.717) is 23.0 Å². The highest BCUT2D eigenvalue weighted by Crippen LogP contribution is 2.41. The van der Waals surface area contributed by atoms with Crippen LogP contribution in [0.3, 0.4) is 0 Å². The van der Waals surface area contributed by atoms with Crippen molar-refractivity contribution in [2.75, 3.05) is 27.9 Å². The molecule has 0 aliphatic rings. The summed E-state index contributed by atoms with van der Waals surface area (Å²) in [5, 5.41) is 0. The van der Waals surface area contributed by atoms with Crippen LogP contribution in [0.4, 0.5) is 0 Å². The Bertz CT molecular complexity index is 1550. The maximum absolute atomic E-state index is 6.50. The molecule has 0 aliphatic carbocycles. The number of hydrogen-bond donors (Lipinski definition) is 0. The van der Waals surface area contributed by atoms with Crippen molar-refractivity contribution in [1.82, 2.24) is 0 Å². The highest BCUT2D eigenvalue weighted by atomic mass is 16.5. The largest absolute Gasteiger partial charge is 0.493 e. The molecular formula is C38H36O5. The molecule has 0 spiro atoms. The minimum absolute atomic E-state index is 0.0662. The van der Waals surface area contributed by atoms with Gasteiger partial charge in [-0.25, -0.2) is 0 Å². The molecule has 0 radical (unpaired) electrons. The molecule has 5 aromatic carbocycles. The van der Waals surface area contributed by atoms with Gasteiger partial charge in [-0.15, -0.1) is 0 Å². The first-order chi connectivity index (χ1) is 21.1. The van der Waals surface area contributed by atoms with E-state index in [9.17, 15) is 0 Å². The fourth-order valence-corrected chi connectivity index (χ4v) is 5.16. The molecule has 0 aromatic heterocycles. The van der Waals surface area contributed by atoms with Crippen molar-refractivity contribution < 1.29 is 23.7 Å². The Morgan fingerprint density at radius 2 is 1.16 bits per heavy atom. The van der Waals surface area contributed by atoms with Gasteiger partial charge in [-0.1, -0.05) is 97.6 Å². The van der Waals surface area contributed by atoms with Gasteiger partial charge in [-0.3, -0.25) is 0 Å². The third-order valence-electron chi connectivity index (χ3n) is 7.31. The molecule has 0 heterocycles. The molecule has 5 rings (SSSR count). The molecule has 5 aromatic rings. The van der Waals surface area contributed by atoms with E-state index in [-0.39, 0.29) is 12.5 Å². The highest BCUT2D eigenvalue weighted by molar-refractivity contribution is 5.55. The van der Waals surface area contributed by atoms with Gasteiger partial charge in [0.25, 0.3) is 0 Å². The third-order valence-corrected chi connectivity index (χ3v) is 7.31. The molecule has 0 fully saturated rings. The standard InChI is InChI=1S/C38H36O5/c1-5-27-19-21-32(22-20-27)43-36(31-24-34(39-2)38(41-4)35(25-31)40-3)26-42-33-18-12-17-30(23-33)37(28-13-8-6-9-14-28)29-15-10-7-11-16-29/h5-25,36-37H,1,26H2,2-4H3. The predicted molar refractivity (Wildman–Crippen MR) is 172 cm³/mol. The summed E-state index contributed by atoms with van der Waals surface area (Å²) in [7, 11) is 4.79. The Morgan fingerprint density at radius 3 is 1.70 bits per heavy atom. The maximum Gasteiger partial charge on any atom is 0.203 e. The van der Waals surface area contributed by atoms with Gasteiger partial charge in [0.2, 0.25) is 5.75 Å². The van der Waals surface area contributed by atoms with Crippen LogP contribution in [-0.2, 0) is 0 Å². The molecule has 0 saturated carbocycles. The van der Waals surface area contributed by atoms with E-state index in [1.54, 1.807) is 27.4 Å². The monoisotopic (exact) mass is 572 g/mol. The molecule has 0 aliphatic heterocycles. The summed E-state index contributed by atoms with van der Waals surface area (Å²) in [5.74, 6) is 3.12. The number of ether oxygens (including phenoxy) is 5. The summed E-state index contributed by atoms with van der Waals surface area (Å²) in [6.07, 6.45) is 1.32. The van der Waals surface area contributed by atoms with E-state index in [1.807, 2.05) is 60.7 Å². The van der Waals surface area contributed by atoms with Crippen LogP contribution in [0.5, 0.6) is 28.7 Å². The molecule has 1 atom stereocenters. The zero-order valence-electron chi connectivity index (χ0n) is 24.7. The molecule has 0 saturated heterocycles. The Hall–Kier alpha value is -5.16. The predicted octanol–water partition coefficient (Wildman–Crippen LogP) is 8.73. The van der Waals surface area contributed by atoms with Crippen LogP contribution in [0.15, 0.2) is 128 Å². The molecule has 218 valence electrons. The van der Waals surface area contributed by atoms with Crippen LogP contribution in [0.25, 0.3) is 6.08 Å². The molecule has 0 N–H and O–H groups in total. The summed E-state index contributed by atoms with van der Waals surface area (Å²) < 4.78 is 29.7. The van der Waals surface area contributed by atoms with E-state index >= 15 is 0 Å². The summed E-state index contributed by atoms with van der Waals surface area (Å²) in [5.41, 5.74) is 5.40. The van der Waals surface area contributed by atoms with Crippen LogP contribution in [0, 0.1) is 0 Å². The zero-order valence-corrected chi connectivity index (χ0v) is 24.7. The van der Waals surface area contributed by atoms with E-state index < -0.39 is 6.10 Å². The van der Waals surface area contributed by atoms with Crippen molar-refractivity contribution in [1.29, 1.82) is 0 Å². The minimum atomic E-state index is -0.481. The number of methoxy groups -OCH3 is 3. The molecule has 43 heavy (non-hydrogen) atoms. The first kappa shape index (κ1) is 29.3. The van der Waals surface area contributed by atoms with Crippen LogP contribution in [0.1, 0.15) is 39.8 Å². The van der Waals surface area contributed by atoms with Gasteiger partial charge in [-0.2, -0.15) is 0 Å². The van der Waals surface area contributed by atoms with Crippen LogP contribution < -0.4 is 23.7 Å². The highest BCUT2D eigenvalue weighted by Gasteiger charge is 2.22. The molecular weight excluding hydrogens is 536 g/mol. The van der Waals surface area contributed by atoms with Gasteiger partial charge in [-0.05, 0) is 58.7 Å². The topological polar surface area (TPSA) is 46.2 Å². The number of hydrogen-bond acceptors (Lipinski definition) is 5. The lowest BCUT2D eigenvalue weighted by molar-refractivity contribution is 0.129. The lowest BCUT2D eigenvalue weighted by Gasteiger charge is -2.23. The van der Waals surface area contributed by atoms with Gasteiger partial charge in [0, 0.05) is 11.5 Å². The molecule has 0 bridgehead atoms. The lowest BCUT2D eigenvalue weighted by Crippen LogP contribution is -2.17. The van der Waals surface area contributed by atoms with Gasteiger partial charge in [0.15, 0.2) is 17.6 Å². The number of benzene rings is 5. The third kappa shape index (κ3) is 7.02. The van der Waals surface area contributed by atoms with E-state index in [4.69, 9.17) is 23.7 Å². The fraction of sp³-hybridized carbons (Fsp3) is 0.158. The second kappa shape index (κ2) is 14.1. The van der Waals surface area contributed by atoms with Crippen LogP contribution in [-0.4, -0.2) is 27.9 Å². The SMILES string of the molecule is C=Cc1ccc(OC(COc2cccc(C(c3ccccc3)c3ccccc3)c2)c2cc(OC)c(OC)c(OC)c2)cc1. The van der Waals surface area contributed by atoms with E-state index in [2.05, 4.69) is 67.2 Å². The van der Waals surface area contributed by atoms with E-state index in [0.717, 1.165) is 22.4 Å². The Morgan fingerprint density at radius 1 is 0.581 bits per heavy atom. The number of rotatable bonds is 13. The summed E-state index contributed by atoms with van der Waals surface area (Å²) in [6.45, 7) is 4.09. The zero-order chi connectivity index (χ0) is 30.0. The van der Waals surface area contributed by atoms with Gasteiger partial charge >= 0.3 is 0 Å². The van der Waals surface area contributed by atoms with Gasteiger partial charge < -0.3 is 23.7 Å². The van der Waals surface area contributed by atoms with Gasteiger partial charge in [0.1, 0.15) is 18.1 Å². The van der Waals surface area contributed by atoms with Crippen LogP contribution >= 0.6 is 0 Å². The summed E-state index contributed by atoms with van der Waals surface area (Å²) in [4.78, 5) is 0. The van der Waals surface area contributed by atoms with Crippen molar-refractivity contribution in [3.8, 4) is 28.7 Å². The summed E-state index contributed by atoms with van der Waals surface area (Å²) in [6, 6.07) is 40.9. The average molecular weight is 573 g/mol. The first-order valence-corrected chi connectivity index (χ1v) is 14.1. The second-order valence-corrected chi connectivity index (χ2v) is 9.98. The molecule has 0 amide bonds. The Balaban J connectivity index is 1.47. The van der Waals surface area contributed by atoms with Crippen molar-refractivity contribution in [3.63, 3.8) is 0 Å². The van der Waals surface area contributed by atoms with Gasteiger partial charge in [0.05, 0.1) is 21.3 Å². The Kier molecular flexibility index (Phi) is 9.65. The molecule has 5 heteroatoms. The first-order valence-electron chi connectivity index (χ1n) is 14.1. The van der Waals surface area contributed by atoms with Crippen molar-refractivity contribution >= 4 is 6.08 Å². The van der Waals surface area contributed by atoms with Crippen molar-refractivity contribution in [3.05, 3.63) is 156 Å². The second-order valence-electron chi connectivity index (χ2n) is 9.98. The fourth-order valence-electron chi connectivity index (χ4n) is 5.16. The minimum Gasteiger partial charge on any atom is -0.493 e. The quantitative estimate of drug-likeness (QED) is 0.132. The smallest absolute Gasteiger partial charge is 0.203 e. The Labute approximate surface area is 253 Å². The van der Waals surface area contributed by atoms with E-state index in [1.165, 1.54) is 11.1 Å². The molecule has 1 unspecified atom stereocenters. The lowest BCUT2D eigenvalue weighted by atomic mass is 9.85. The normalized spacial score (nSPS) is 11.4. The maximum atomic E-state index is 6.50. The van der Waals surface area contributed by atoms with Crippen LogP contribution in [0.2, 0.25) is 0 Å². The van der Waals surface area contributed by atoms with Crippen molar-refractivity contribution in [2.24, 2.45) is 0 Å². The van der Waals surface area contributed by atoms with Crippen molar-refractivity contribution in [2.45, 2.75) is 12.0 Å².